The van der Waals surface area contributed by atoms with E-state index in [1.54, 1.807) is 4.90 Å². The molecule has 2 N–H and O–H groups in total. The molecule has 0 bridgehead atoms. The third-order valence-corrected chi connectivity index (χ3v) is 7.46. The lowest BCUT2D eigenvalue weighted by atomic mass is 9.94. The van der Waals surface area contributed by atoms with E-state index in [2.05, 4.69) is 0 Å². The van der Waals surface area contributed by atoms with Gasteiger partial charge in [-0.15, -0.1) is 0 Å². The van der Waals surface area contributed by atoms with Crippen molar-refractivity contribution in [2.24, 2.45) is 17.6 Å². The van der Waals surface area contributed by atoms with Crippen LogP contribution in [0.1, 0.15) is 19.3 Å². The molecule has 0 spiro atoms. The standard InChI is InChI=1S/C17H24N4O5S/c18-12-13-4-3-5-14(13)17(22)19-8-10-20(11-9-19)27(25,26)16-7-2-1-6-15(16)21(23)24/h1-2,6-7,13-14H,3-5,8-12,18H2/t13-,14-/m1/s1. The summed E-state index contributed by atoms with van der Waals surface area (Å²) in [5, 5.41) is 11.2. The molecule has 1 aliphatic carbocycles. The molecule has 2 fully saturated rings. The van der Waals surface area contributed by atoms with Crippen LogP contribution in [0.4, 0.5) is 5.69 Å². The van der Waals surface area contributed by atoms with Crippen LogP contribution in [0.2, 0.25) is 0 Å². The Morgan fingerprint density at radius 1 is 1.19 bits per heavy atom. The third-order valence-electron chi connectivity index (χ3n) is 5.51. The fraction of sp³-hybridized carbons (Fsp3) is 0.588. The topological polar surface area (TPSA) is 127 Å². The van der Waals surface area contributed by atoms with Crippen molar-refractivity contribution in [3.63, 3.8) is 0 Å². The summed E-state index contributed by atoms with van der Waals surface area (Å²) in [6.07, 6.45) is 2.78. The number of benzene rings is 1. The largest absolute Gasteiger partial charge is 0.340 e. The van der Waals surface area contributed by atoms with E-state index in [1.165, 1.54) is 28.6 Å². The molecule has 1 aromatic rings. The molecule has 2 aliphatic rings. The molecule has 1 heterocycles. The number of rotatable bonds is 5. The second-order valence-corrected chi connectivity index (χ2v) is 8.89. The molecular weight excluding hydrogens is 372 g/mol. The number of carbonyl (C=O) groups is 1. The zero-order valence-electron chi connectivity index (χ0n) is 15.0. The Labute approximate surface area is 158 Å². The summed E-state index contributed by atoms with van der Waals surface area (Å²) < 4.78 is 26.9. The molecule has 9 nitrogen and oxygen atoms in total. The predicted octanol–water partition coefficient (Wildman–Crippen LogP) is 0.803. The zero-order valence-corrected chi connectivity index (χ0v) is 15.8. The van der Waals surface area contributed by atoms with Crippen molar-refractivity contribution >= 4 is 21.6 Å². The lowest BCUT2D eigenvalue weighted by molar-refractivity contribution is -0.387. The lowest BCUT2D eigenvalue weighted by Crippen LogP contribution is -2.52. The predicted molar refractivity (Wildman–Crippen MR) is 98.3 cm³/mol. The van der Waals surface area contributed by atoms with Gasteiger partial charge in [-0.05, 0) is 31.4 Å². The van der Waals surface area contributed by atoms with Crippen LogP contribution in [0.15, 0.2) is 29.2 Å². The highest BCUT2D eigenvalue weighted by Crippen LogP contribution is 2.33. The number of carbonyl (C=O) groups excluding carboxylic acids is 1. The number of para-hydroxylation sites is 1. The minimum absolute atomic E-state index is 0.0469. The summed E-state index contributed by atoms with van der Waals surface area (Å²) in [7, 11) is -3.99. The molecule has 3 rings (SSSR count). The molecule has 2 atom stereocenters. The fourth-order valence-electron chi connectivity index (χ4n) is 3.99. The molecule has 1 aliphatic heterocycles. The molecule has 1 aromatic carbocycles. The SMILES string of the molecule is NC[C@H]1CCC[C@H]1C(=O)N1CCN(S(=O)(=O)c2ccccc2[N+](=O)[O-])CC1. The first-order chi connectivity index (χ1) is 12.9. The van der Waals surface area contributed by atoms with Gasteiger partial charge in [0.05, 0.1) is 4.92 Å². The molecule has 0 unspecified atom stereocenters. The Balaban J connectivity index is 1.70. The number of hydrogen-bond acceptors (Lipinski definition) is 6. The highest BCUT2D eigenvalue weighted by Gasteiger charge is 2.38. The summed E-state index contributed by atoms with van der Waals surface area (Å²) in [4.78, 5) is 24.6. The number of nitro benzene ring substituents is 1. The van der Waals surface area contributed by atoms with Gasteiger partial charge in [0.15, 0.2) is 4.90 Å². The van der Waals surface area contributed by atoms with Crippen LogP contribution in [0, 0.1) is 22.0 Å². The number of piperazine rings is 1. The molecular formula is C17H24N4O5S. The van der Waals surface area contributed by atoms with Crippen LogP contribution in [0.3, 0.4) is 0 Å². The van der Waals surface area contributed by atoms with Crippen LogP contribution < -0.4 is 5.73 Å². The highest BCUT2D eigenvalue weighted by molar-refractivity contribution is 7.89. The second kappa shape index (κ2) is 7.91. The van der Waals surface area contributed by atoms with Gasteiger partial charge in [0, 0.05) is 38.2 Å². The van der Waals surface area contributed by atoms with E-state index in [1.807, 2.05) is 0 Å². The van der Waals surface area contributed by atoms with Crippen LogP contribution in [-0.4, -0.2) is 61.2 Å². The molecule has 1 saturated heterocycles. The van der Waals surface area contributed by atoms with Crippen molar-refractivity contribution in [2.45, 2.75) is 24.2 Å². The van der Waals surface area contributed by atoms with Crippen molar-refractivity contribution in [2.75, 3.05) is 32.7 Å². The average Bonchev–Trinajstić information content (AvgIpc) is 3.16. The number of sulfonamides is 1. The van der Waals surface area contributed by atoms with Crippen molar-refractivity contribution in [3.8, 4) is 0 Å². The quantitative estimate of drug-likeness (QED) is 0.579. The van der Waals surface area contributed by atoms with Gasteiger partial charge < -0.3 is 10.6 Å². The maximum Gasteiger partial charge on any atom is 0.289 e. The van der Waals surface area contributed by atoms with Gasteiger partial charge in [-0.25, -0.2) is 8.42 Å². The van der Waals surface area contributed by atoms with Crippen LogP contribution in [0.5, 0.6) is 0 Å². The van der Waals surface area contributed by atoms with E-state index in [-0.39, 0.29) is 48.8 Å². The van der Waals surface area contributed by atoms with Crippen LogP contribution in [-0.2, 0) is 14.8 Å². The molecule has 148 valence electrons. The van der Waals surface area contributed by atoms with Gasteiger partial charge >= 0.3 is 0 Å². The zero-order chi connectivity index (χ0) is 19.6. The molecule has 27 heavy (non-hydrogen) atoms. The third kappa shape index (κ3) is 3.83. The van der Waals surface area contributed by atoms with Gasteiger partial charge in [0.1, 0.15) is 0 Å². The second-order valence-electron chi connectivity index (χ2n) is 6.99. The minimum Gasteiger partial charge on any atom is -0.340 e. The normalized spacial score (nSPS) is 24.1. The van der Waals surface area contributed by atoms with E-state index >= 15 is 0 Å². The van der Waals surface area contributed by atoms with E-state index in [4.69, 9.17) is 5.73 Å². The Bertz CT molecular complexity index is 820. The van der Waals surface area contributed by atoms with Gasteiger partial charge in [-0.1, -0.05) is 18.6 Å². The molecule has 1 amide bonds. The van der Waals surface area contributed by atoms with Gasteiger partial charge in [0.2, 0.25) is 15.9 Å². The Hall–Kier alpha value is -2.04. The molecule has 0 radical (unpaired) electrons. The molecule has 1 saturated carbocycles. The first kappa shape index (κ1) is 19.7. The fourth-order valence-corrected chi connectivity index (χ4v) is 5.57. The van der Waals surface area contributed by atoms with Crippen molar-refractivity contribution in [1.29, 1.82) is 0 Å². The highest BCUT2D eigenvalue weighted by atomic mass is 32.2. The van der Waals surface area contributed by atoms with Gasteiger partial charge in [-0.3, -0.25) is 14.9 Å². The summed E-state index contributed by atoms with van der Waals surface area (Å²) in [5.41, 5.74) is 5.32. The number of amides is 1. The molecule has 10 heteroatoms. The maximum atomic E-state index is 12.8. The van der Waals surface area contributed by atoms with Crippen LogP contribution >= 0.6 is 0 Å². The van der Waals surface area contributed by atoms with Crippen molar-refractivity contribution < 1.29 is 18.1 Å². The monoisotopic (exact) mass is 396 g/mol. The Kier molecular flexibility index (Phi) is 5.78. The van der Waals surface area contributed by atoms with E-state index in [0.717, 1.165) is 19.3 Å². The number of nitro groups is 1. The Morgan fingerprint density at radius 3 is 2.48 bits per heavy atom. The van der Waals surface area contributed by atoms with E-state index in [0.29, 0.717) is 6.54 Å². The lowest BCUT2D eigenvalue weighted by Gasteiger charge is -2.36. The first-order valence-corrected chi connectivity index (χ1v) is 10.5. The molecule has 0 aromatic heterocycles. The summed E-state index contributed by atoms with van der Waals surface area (Å²) >= 11 is 0. The summed E-state index contributed by atoms with van der Waals surface area (Å²) in [6.45, 7) is 1.31. The maximum absolute atomic E-state index is 12.8. The Morgan fingerprint density at radius 2 is 1.85 bits per heavy atom. The minimum atomic E-state index is -3.99. The van der Waals surface area contributed by atoms with Crippen molar-refractivity contribution in [3.05, 3.63) is 34.4 Å². The first-order valence-electron chi connectivity index (χ1n) is 9.08. The van der Waals surface area contributed by atoms with Gasteiger partial charge in [0.25, 0.3) is 5.69 Å². The average molecular weight is 396 g/mol. The number of nitrogens with two attached hydrogens (primary N) is 1. The number of hydrogen-bond donors (Lipinski definition) is 1. The summed E-state index contributed by atoms with van der Waals surface area (Å²) in [5.74, 6) is 0.172. The van der Waals surface area contributed by atoms with E-state index < -0.39 is 20.6 Å². The van der Waals surface area contributed by atoms with E-state index in [9.17, 15) is 23.3 Å². The van der Waals surface area contributed by atoms with Crippen LogP contribution in [0.25, 0.3) is 0 Å². The van der Waals surface area contributed by atoms with Gasteiger partial charge in [-0.2, -0.15) is 4.31 Å². The number of nitrogens with zero attached hydrogens (tertiary/aromatic N) is 3. The summed E-state index contributed by atoms with van der Waals surface area (Å²) in [6, 6.07) is 5.32. The smallest absolute Gasteiger partial charge is 0.289 e. The van der Waals surface area contributed by atoms with Crippen molar-refractivity contribution in [1.82, 2.24) is 9.21 Å².